The van der Waals surface area contributed by atoms with E-state index in [9.17, 15) is 19.3 Å². The van der Waals surface area contributed by atoms with Crippen molar-refractivity contribution in [2.24, 2.45) is 0 Å². The van der Waals surface area contributed by atoms with Crippen LogP contribution in [0, 0.1) is 15.9 Å². The molecule has 1 aromatic carbocycles. The van der Waals surface area contributed by atoms with Gasteiger partial charge in [0.15, 0.2) is 0 Å². The van der Waals surface area contributed by atoms with E-state index < -0.39 is 22.3 Å². The lowest BCUT2D eigenvalue weighted by atomic mass is 10.1. The highest BCUT2D eigenvalue weighted by Crippen LogP contribution is 2.21. The second kappa shape index (κ2) is 6.08. The molecule has 0 N–H and O–H groups in total. The third kappa shape index (κ3) is 3.38. The lowest BCUT2D eigenvalue weighted by Crippen LogP contribution is -2.27. The van der Waals surface area contributed by atoms with Crippen molar-refractivity contribution < 1.29 is 14.1 Å². The van der Waals surface area contributed by atoms with Gasteiger partial charge in [0.25, 0.3) is 11.6 Å². The molecule has 1 amide bonds. The number of amides is 1. The fourth-order valence-electron chi connectivity index (χ4n) is 1.85. The van der Waals surface area contributed by atoms with E-state index in [-0.39, 0.29) is 12.1 Å². The number of hydrogen-bond acceptors (Lipinski definition) is 4. The largest absolute Gasteiger partial charge is 0.336 e. The van der Waals surface area contributed by atoms with E-state index in [1.165, 1.54) is 11.9 Å². The monoisotopic (exact) mass is 289 g/mol. The Hall–Kier alpha value is -2.83. The molecule has 2 rings (SSSR count). The standard InChI is InChI=1S/C14H12FN3O3/c1-17(9-11-4-2-3-7-16-11)14(19)12-8-10(15)5-6-13(12)18(20)21/h2-8H,9H2,1H3. The maximum atomic E-state index is 13.3. The van der Waals surface area contributed by atoms with E-state index in [0.717, 1.165) is 18.2 Å². The molecule has 6 nitrogen and oxygen atoms in total. The van der Waals surface area contributed by atoms with Crippen molar-refractivity contribution in [1.29, 1.82) is 0 Å². The second-order valence-corrected chi connectivity index (χ2v) is 4.40. The molecular formula is C14H12FN3O3. The number of nitro groups is 1. The third-order valence-corrected chi connectivity index (χ3v) is 2.86. The minimum atomic E-state index is -0.707. The summed E-state index contributed by atoms with van der Waals surface area (Å²) < 4.78 is 13.3. The Balaban J connectivity index is 2.27. The minimum absolute atomic E-state index is 0.174. The highest BCUT2D eigenvalue weighted by Gasteiger charge is 2.23. The first kappa shape index (κ1) is 14.6. The molecule has 7 heteroatoms. The van der Waals surface area contributed by atoms with Gasteiger partial charge in [0.05, 0.1) is 17.2 Å². The quantitative estimate of drug-likeness (QED) is 0.639. The zero-order valence-electron chi connectivity index (χ0n) is 11.2. The van der Waals surface area contributed by atoms with E-state index in [1.54, 1.807) is 24.4 Å². The van der Waals surface area contributed by atoms with Gasteiger partial charge in [0.1, 0.15) is 11.4 Å². The SMILES string of the molecule is CN(Cc1ccccn1)C(=O)c1cc(F)ccc1[N+](=O)[O-]. The van der Waals surface area contributed by atoms with E-state index in [0.29, 0.717) is 5.69 Å². The van der Waals surface area contributed by atoms with Gasteiger partial charge in [-0.3, -0.25) is 19.9 Å². The molecular weight excluding hydrogens is 277 g/mol. The summed E-state index contributed by atoms with van der Waals surface area (Å²) in [5.41, 5.74) is -0.0693. The summed E-state index contributed by atoms with van der Waals surface area (Å²) >= 11 is 0. The minimum Gasteiger partial charge on any atom is -0.336 e. The van der Waals surface area contributed by atoms with Crippen molar-refractivity contribution >= 4 is 11.6 Å². The fraction of sp³-hybridized carbons (Fsp3) is 0.143. The molecule has 1 heterocycles. The maximum absolute atomic E-state index is 13.3. The van der Waals surface area contributed by atoms with Crippen molar-refractivity contribution in [3.05, 3.63) is 69.8 Å². The zero-order chi connectivity index (χ0) is 15.4. The van der Waals surface area contributed by atoms with Crippen LogP contribution < -0.4 is 0 Å². The van der Waals surface area contributed by atoms with Crippen LogP contribution in [-0.2, 0) is 6.54 Å². The van der Waals surface area contributed by atoms with Gasteiger partial charge in [-0.25, -0.2) is 4.39 Å². The van der Waals surface area contributed by atoms with Crippen molar-refractivity contribution in [2.75, 3.05) is 7.05 Å². The summed E-state index contributed by atoms with van der Waals surface area (Å²) in [5.74, 6) is -1.33. The lowest BCUT2D eigenvalue weighted by molar-refractivity contribution is -0.385. The smallest absolute Gasteiger partial charge is 0.282 e. The number of pyridine rings is 1. The Bertz CT molecular complexity index is 676. The van der Waals surface area contributed by atoms with Crippen LogP contribution in [0.15, 0.2) is 42.6 Å². The molecule has 0 unspecified atom stereocenters. The molecule has 0 bridgehead atoms. The van der Waals surface area contributed by atoms with Gasteiger partial charge >= 0.3 is 0 Å². The number of benzene rings is 1. The molecule has 0 aliphatic heterocycles. The Labute approximate surface area is 120 Å². The first-order valence-electron chi connectivity index (χ1n) is 6.08. The van der Waals surface area contributed by atoms with Crippen LogP contribution in [-0.4, -0.2) is 27.8 Å². The topological polar surface area (TPSA) is 76.3 Å². The number of aromatic nitrogens is 1. The van der Waals surface area contributed by atoms with Crippen molar-refractivity contribution in [2.45, 2.75) is 6.54 Å². The Morgan fingerprint density at radius 2 is 2.14 bits per heavy atom. The fourth-order valence-corrected chi connectivity index (χ4v) is 1.85. The lowest BCUT2D eigenvalue weighted by Gasteiger charge is -2.16. The number of nitrogens with zero attached hydrogens (tertiary/aromatic N) is 3. The van der Waals surface area contributed by atoms with Crippen LogP contribution in [0.5, 0.6) is 0 Å². The average molecular weight is 289 g/mol. The van der Waals surface area contributed by atoms with Gasteiger partial charge in [-0.1, -0.05) is 6.07 Å². The van der Waals surface area contributed by atoms with Gasteiger partial charge in [0.2, 0.25) is 0 Å². The number of halogens is 1. The number of carbonyl (C=O) groups is 1. The van der Waals surface area contributed by atoms with Gasteiger partial charge in [0, 0.05) is 19.3 Å². The average Bonchev–Trinajstić information content (AvgIpc) is 2.47. The summed E-state index contributed by atoms with van der Waals surface area (Å²) in [7, 11) is 1.48. The van der Waals surface area contributed by atoms with E-state index in [2.05, 4.69) is 4.98 Å². The Morgan fingerprint density at radius 3 is 2.76 bits per heavy atom. The van der Waals surface area contributed by atoms with E-state index in [4.69, 9.17) is 0 Å². The summed E-state index contributed by atoms with van der Waals surface area (Å²) in [6, 6.07) is 8.04. The molecule has 108 valence electrons. The molecule has 0 aliphatic carbocycles. The van der Waals surface area contributed by atoms with Crippen LogP contribution in [0.4, 0.5) is 10.1 Å². The van der Waals surface area contributed by atoms with Gasteiger partial charge in [-0.15, -0.1) is 0 Å². The van der Waals surface area contributed by atoms with Crippen LogP contribution in [0.3, 0.4) is 0 Å². The second-order valence-electron chi connectivity index (χ2n) is 4.40. The Morgan fingerprint density at radius 1 is 1.38 bits per heavy atom. The third-order valence-electron chi connectivity index (χ3n) is 2.86. The zero-order valence-corrected chi connectivity index (χ0v) is 11.2. The molecule has 1 aromatic heterocycles. The van der Waals surface area contributed by atoms with Gasteiger partial charge in [-0.05, 0) is 24.3 Å². The summed E-state index contributed by atoms with van der Waals surface area (Å²) in [5, 5.41) is 10.9. The molecule has 21 heavy (non-hydrogen) atoms. The summed E-state index contributed by atoms with van der Waals surface area (Å²) in [6.45, 7) is 0.174. The molecule has 0 spiro atoms. The normalized spacial score (nSPS) is 10.2. The number of hydrogen-bond donors (Lipinski definition) is 0. The molecule has 0 saturated heterocycles. The first-order valence-corrected chi connectivity index (χ1v) is 6.08. The molecule has 2 aromatic rings. The predicted octanol–water partition coefficient (Wildman–Crippen LogP) is 2.40. The van der Waals surface area contributed by atoms with Crippen LogP contribution >= 0.6 is 0 Å². The summed E-state index contributed by atoms with van der Waals surface area (Å²) in [6.07, 6.45) is 1.58. The Kier molecular flexibility index (Phi) is 4.22. The highest BCUT2D eigenvalue weighted by molar-refractivity contribution is 5.97. The van der Waals surface area contributed by atoms with Crippen LogP contribution in [0.2, 0.25) is 0 Å². The molecule has 0 aliphatic rings. The number of carbonyl (C=O) groups excluding carboxylic acids is 1. The van der Waals surface area contributed by atoms with Crippen LogP contribution in [0.1, 0.15) is 16.1 Å². The maximum Gasteiger partial charge on any atom is 0.282 e. The molecule has 0 saturated carbocycles. The van der Waals surface area contributed by atoms with E-state index in [1.807, 2.05) is 0 Å². The van der Waals surface area contributed by atoms with Crippen LogP contribution in [0.25, 0.3) is 0 Å². The van der Waals surface area contributed by atoms with Crippen molar-refractivity contribution in [3.8, 4) is 0 Å². The van der Waals surface area contributed by atoms with Gasteiger partial charge in [-0.2, -0.15) is 0 Å². The molecule has 0 radical (unpaired) electrons. The van der Waals surface area contributed by atoms with Crippen molar-refractivity contribution in [3.63, 3.8) is 0 Å². The van der Waals surface area contributed by atoms with Gasteiger partial charge < -0.3 is 4.90 Å². The predicted molar refractivity (Wildman–Crippen MR) is 73.1 cm³/mol. The van der Waals surface area contributed by atoms with E-state index >= 15 is 0 Å². The summed E-state index contributed by atoms with van der Waals surface area (Å²) in [4.78, 5) is 27.8. The highest BCUT2D eigenvalue weighted by atomic mass is 19.1. The number of nitro benzene ring substituents is 1. The number of rotatable bonds is 4. The first-order chi connectivity index (χ1) is 9.99. The molecule has 0 fully saturated rings. The van der Waals surface area contributed by atoms with Crippen molar-refractivity contribution in [1.82, 2.24) is 9.88 Å². The molecule has 0 atom stereocenters.